The molecule has 0 bridgehead atoms. The van der Waals surface area contributed by atoms with Gasteiger partial charge in [0.1, 0.15) is 22.9 Å². The number of nitrogens with two attached hydrogens (primary N) is 1. The van der Waals surface area contributed by atoms with E-state index in [0.29, 0.717) is 18.1 Å². The maximum atomic E-state index is 13.3. The van der Waals surface area contributed by atoms with Gasteiger partial charge in [-0.3, -0.25) is 4.79 Å². The van der Waals surface area contributed by atoms with Crippen molar-refractivity contribution in [1.29, 1.82) is 0 Å². The van der Waals surface area contributed by atoms with E-state index in [2.05, 4.69) is 9.97 Å². The maximum Gasteiger partial charge on any atom is 0.281 e. The predicted molar refractivity (Wildman–Crippen MR) is 149 cm³/mol. The minimum Gasteiger partial charge on any atom is -0.494 e. The maximum absolute atomic E-state index is 13.3. The minimum atomic E-state index is -4.30. The average Bonchev–Trinajstić information content (AvgIpc) is 2.89. The lowest BCUT2D eigenvalue weighted by molar-refractivity contribution is 0.0978. The van der Waals surface area contributed by atoms with Crippen molar-refractivity contribution in [2.24, 2.45) is 0 Å². The van der Waals surface area contributed by atoms with E-state index in [1.165, 1.54) is 24.3 Å². The highest BCUT2D eigenvalue weighted by Crippen LogP contribution is 2.33. The summed E-state index contributed by atoms with van der Waals surface area (Å²) in [5.41, 5.74) is 9.62. The number of nitrogen functional groups attached to an aromatic ring is 1. The summed E-state index contributed by atoms with van der Waals surface area (Å²) in [6.45, 7) is 8.41. The zero-order valence-corrected chi connectivity index (χ0v) is 23.0. The first-order valence-corrected chi connectivity index (χ1v) is 13.9. The number of hydrogen-bond acceptors (Lipinski definition) is 8. The molecular weight excluding hydrogens is 516 g/mol. The molecule has 0 unspecified atom stereocenters. The first-order chi connectivity index (χ1) is 18.6. The Hall–Kier alpha value is -4.44. The van der Waals surface area contributed by atoms with Crippen LogP contribution in [0, 0.1) is 20.8 Å². The first kappa shape index (κ1) is 27.6. The molecule has 0 aliphatic carbocycles. The van der Waals surface area contributed by atoms with Gasteiger partial charge in [-0.2, -0.15) is 8.42 Å². The van der Waals surface area contributed by atoms with Crippen LogP contribution in [0.15, 0.2) is 71.8 Å². The molecule has 0 aliphatic heterocycles. The number of rotatable bonds is 9. The average molecular weight is 547 g/mol. The molecule has 4 rings (SSSR count). The molecule has 0 atom stereocenters. The lowest BCUT2D eigenvalue weighted by Crippen LogP contribution is -2.31. The van der Waals surface area contributed by atoms with Crippen LogP contribution < -0.4 is 19.9 Å². The van der Waals surface area contributed by atoms with Crippen LogP contribution in [-0.4, -0.2) is 30.9 Å². The van der Waals surface area contributed by atoms with Crippen molar-refractivity contribution >= 4 is 21.7 Å². The van der Waals surface area contributed by atoms with Crippen molar-refractivity contribution in [2.75, 3.05) is 12.3 Å². The first-order valence-electron chi connectivity index (χ1n) is 12.4. The van der Waals surface area contributed by atoms with E-state index < -0.39 is 15.9 Å². The number of ether oxygens (including phenoxy) is 2. The van der Waals surface area contributed by atoms with Crippen LogP contribution >= 0.6 is 0 Å². The van der Waals surface area contributed by atoms with Gasteiger partial charge in [0.25, 0.3) is 15.9 Å². The van der Waals surface area contributed by atoms with E-state index in [9.17, 15) is 13.2 Å². The van der Waals surface area contributed by atoms with Gasteiger partial charge in [0.2, 0.25) is 5.88 Å². The molecule has 0 spiro atoms. The number of hydrogen-bond donors (Lipinski definition) is 2. The molecule has 0 saturated carbocycles. The van der Waals surface area contributed by atoms with Gasteiger partial charge < -0.3 is 15.2 Å². The monoisotopic (exact) mass is 546 g/mol. The number of sulfonamides is 1. The molecule has 1 amide bonds. The number of amides is 1. The number of anilines is 1. The largest absolute Gasteiger partial charge is 0.494 e. The lowest BCUT2D eigenvalue weighted by atomic mass is 10.1. The molecule has 0 radical (unpaired) electrons. The van der Waals surface area contributed by atoms with E-state index in [1.54, 1.807) is 6.07 Å². The highest BCUT2D eigenvalue weighted by Gasteiger charge is 2.25. The van der Waals surface area contributed by atoms with Crippen LogP contribution in [0.5, 0.6) is 17.4 Å². The smallest absolute Gasteiger partial charge is 0.281 e. The third-order valence-corrected chi connectivity index (χ3v) is 7.01. The molecule has 0 fully saturated rings. The Labute approximate surface area is 228 Å². The molecule has 4 aromatic rings. The fourth-order valence-electron chi connectivity index (χ4n) is 4.03. The van der Waals surface area contributed by atoms with E-state index in [-0.39, 0.29) is 22.3 Å². The van der Waals surface area contributed by atoms with Crippen molar-refractivity contribution in [3.8, 4) is 28.6 Å². The van der Waals surface area contributed by atoms with Crippen LogP contribution in [0.25, 0.3) is 11.3 Å². The molecule has 2 aromatic carbocycles. The van der Waals surface area contributed by atoms with Gasteiger partial charge in [0, 0.05) is 5.56 Å². The van der Waals surface area contributed by atoms with Gasteiger partial charge in [0.15, 0.2) is 5.03 Å². The summed E-state index contributed by atoms with van der Waals surface area (Å²) in [7, 11) is -4.30. The third-order valence-electron chi connectivity index (χ3n) is 5.78. The summed E-state index contributed by atoms with van der Waals surface area (Å²) >= 11 is 0. The molecule has 2 aromatic heterocycles. The minimum absolute atomic E-state index is 0.0109. The van der Waals surface area contributed by atoms with Gasteiger partial charge in [0.05, 0.1) is 12.3 Å². The number of nitrogens with one attached hydrogen (secondary N) is 1. The molecule has 202 valence electrons. The Kier molecular flexibility index (Phi) is 8.15. The molecule has 0 saturated heterocycles. The number of carbonyl (C=O) groups is 1. The second-order valence-electron chi connectivity index (χ2n) is 9.09. The van der Waals surface area contributed by atoms with E-state index in [4.69, 9.17) is 15.2 Å². The zero-order chi connectivity index (χ0) is 28.2. The van der Waals surface area contributed by atoms with Gasteiger partial charge >= 0.3 is 0 Å². The standard InChI is InChI=1S/C29H30N4O5S/c1-5-15-37-22-11-9-21(10-12-22)24-14-13-23(28(34)33-39(35,36)26-8-6-7-25(30)32-26)29(31-24)38-27-19(3)16-18(2)17-20(27)4/h6-14,16-17H,5,15H2,1-4H3,(H2,30,32)(H,33,34). The van der Waals surface area contributed by atoms with E-state index in [0.717, 1.165) is 34.4 Å². The predicted octanol–water partition coefficient (Wildman–Crippen LogP) is 5.35. The van der Waals surface area contributed by atoms with Crippen LogP contribution in [0.4, 0.5) is 5.82 Å². The van der Waals surface area contributed by atoms with Crippen LogP contribution in [0.3, 0.4) is 0 Å². The number of pyridine rings is 2. The molecular formula is C29H30N4O5S. The Morgan fingerprint density at radius 2 is 1.64 bits per heavy atom. The number of carbonyl (C=O) groups excluding carboxylic acids is 1. The summed E-state index contributed by atoms with van der Waals surface area (Å²) in [6, 6.07) is 18.5. The van der Waals surface area contributed by atoms with Crippen molar-refractivity contribution in [2.45, 2.75) is 39.1 Å². The normalized spacial score (nSPS) is 11.2. The number of benzene rings is 2. The van der Waals surface area contributed by atoms with Gasteiger partial charge in [-0.05, 0) is 86.8 Å². The molecule has 2 heterocycles. The van der Waals surface area contributed by atoms with Crippen LogP contribution in [0.1, 0.15) is 40.4 Å². The topological polar surface area (TPSA) is 134 Å². The molecule has 9 nitrogen and oxygen atoms in total. The number of aromatic nitrogens is 2. The summed E-state index contributed by atoms with van der Waals surface area (Å²) in [5.74, 6) is 0.320. The second kappa shape index (κ2) is 11.5. The van der Waals surface area contributed by atoms with Crippen molar-refractivity contribution in [3.63, 3.8) is 0 Å². The van der Waals surface area contributed by atoms with Crippen LogP contribution in [0.2, 0.25) is 0 Å². The fourth-order valence-corrected chi connectivity index (χ4v) is 4.97. The molecule has 0 aliphatic rings. The highest BCUT2D eigenvalue weighted by molar-refractivity contribution is 7.90. The van der Waals surface area contributed by atoms with Crippen LogP contribution in [-0.2, 0) is 10.0 Å². The Bertz CT molecular complexity index is 1600. The quantitative estimate of drug-likeness (QED) is 0.287. The Morgan fingerprint density at radius 3 is 2.28 bits per heavy atom. The van der Waals surface area contributed by atoms with Gasteiger partial charge in [-0.1, -0.05) is 30.7 Å². The number of aryl methyl sites for hydroxylation is 3. The molecule has 39 heavy (non-hydrogen) atoms. The van der Waals surface area contributed by atoms with Crippen molar-refractivity contribution < 1.29 is 22.7 Å². The number of nitrogens with zero attached hydrogens (tertiary/aromatic N) is 2. The zero-order valence-electron chi connectivity index (χ0n) is 22.2. The SMILES string of the molecule is CCCOc1ccc(-c2ccc(C(=O)NS(=O)(=O)c3cccc(N)n3)c(Oc3c(C)cc(C)cc3C)n2)cc1. The van der Waals surface area contributed by atoms with Crippen molar-refractivity contribution in [1.82, 2.24) is 14.7 Å². The summed E-state index contributed by atoms with van der Waals surface area (Å²) in [4.78, 5) is 21.7. The Morgan fingerprint density at radius 1 is 0.949 bits per heavy atom. The molecule has 10 heteroatoms. The summed E-state index contributed by atoms with van der Waals surface area (Å²) in [5, 5.41) is -0.376. The fraction of sp³-hybridized carbons (Fsp3) is 0.207. The third kappa shape index (κ3) is 6.53. The molecule has 3 N–H and O–H groups in total. The van der Waals surface area contributed by atoms with Gasteiger partial charge in [-0.25, -0.2) is 14.7 Å². The Balaban J connectivity index is 1.73. The summed E-state index contributed by atoms with van der Waals surface area (Å²) < 4.78 is 39.6. The van der Waals surface area contributed by atoms with Gasteiger partial charge in [-0.15, -0.1) is 0 Å². The second-order valence-corrected chi connectivity index (χ2v) is 10.7. The highest BCUT2D eigenvalue weighted by atomic mass is 32.2. The van der Waals surface area contributed by atoms with Crippen molar-refractivity contribution in [3.05, 3.63) is 89.0 Å². The van der Waals surface area contributed by atoms with E-state index in [1.807, 2.05) is 68.8 Å². The lowest BCUT2D eigenvalue weighted by Gasteiger charge is -2.16. The van der Waals surface area contributed by atoms with E-state index >= 15 is 0 Å². The summed E-state index contributed by atoms with van der Waals surface area (Å²) in [6.07, 6.45) is 0.898.